The summed E-state index contributed by atoms with van der Waals surface area (Å²) in [5.74, 6) is -1.49. The van der Waals surface area contributed by atoms with Crippen LogP contribution in [-0.2, 0) is 19.6 Å². The lowest BCUT2D eigenvalue weighted by Crippen LogP contribution is -2.41. The number of benzene rings is 1. The van der Waals surface area contributed by atoms with Gasteiger partial charge in [0.25, 0.3) is 5.91 Å². The van der Waals surface area contributed by atoms with Crippen LogP contribution in [-0.4, -0.2) is 73.5 Å². The average Bonchev–Trinajstić information content (AvgIpc) is 3.12. The SMILES string of the molecule is O=C(O)[C@@H]1CCCN1C(=O)c1cccc(S(=O)(=O)N2CCOCC2)c1. The summed E-state index contributed by atoms with van der Waals surface area (Å²) in [5, 5.41) is 9.23. The van der Waals surface area contributed by atoms with E-state index in [0.717, 1.165) is 0 Å². The summed E-state index contributed by atoms with van der Waals surface area (Å²) in [6.07, 6.45) is 1.03. The quantitative estimate of drug-likeness (QED) is 0.825. The first kappa shape index (κ1) is 17.8. The summed E-state index contributed by atoms with van der Waals surface area (Å²) in [6.45, 7) is 1.58. The molecule has 1 N–H and O–H groups in total. The molecular formula is C16H20N2O6S. The Balaban J connectivity index is 1.86. The van der Waals surface area contributed by atoms with Crippen LogP contribution in [0.5, 0.6) is 0 Å². The van der Waals surface area contributed by atoms with E-state index in [0.29, 0.717) is 32.6 Å². The molecule has 1 atom stereocenters. The topological polar surface area (TPSA) is 104 Å². The molecule has 0 spiro atoms. The van der Waals surface area contributed by atoms with Gasteiger partial charge in [-0.1, -0.05) is 6.07 Å². The van der Waals surface area contributed by atoms with Crippen LogP contribution in [0.4, 0.5) is 0 Å². The van der Waals surface area contributed by atoms with Gasteiger partial charge in [-0.25, -0.2) is 13.2 Å². The van der Waals surface area contributed by atoms with Gasteiger partial charge in [0.1, 0.15) is 6.04 Å². The van der Waals surface area contributed by atoms with Gasteiger partial charge in [0.2, 0.25) is 10.0 Å². The molecule has 2 aliphatic heterocycles. The first-order valence-electron chi connectivity index (χ1n) is 8.13. The molecule has 1 aromatic carbocycles. The van der Waals surface area contributed by atoms with Crippen LogP contribution in [0, 0.1) is 0 Å². The molecule has 2 heterocycles. The third-order valence-corrected chi connectivity index (χ3v) is 6.38. The van der Waals surface area contributed by atoms with Crippen molar-refractivity contribution in [3.8, 4) is 0 Å². The van der Waals surface area contributed by atoms with E-state index in [4.69, 9.17) is 4.74 Å². The van der Waals surface area contributed by atoms with Crippen LogP contribution < -0.4 is 0 Å². The number of ether oxygens (including phenoxy) is 1. The summed E-state index contributed by atoms with van der Waals surface area (Å²) in [7, 11) is -3.71. The molecule has 25 heavy (non-hydrogen) atoms. The number of rotatable bonds is 4. The number of amides is 1. The first-order chi connectivity index (χ1) is 11.9. The zero-order valence-electron chi connectivity index (χ0n) is 13.6. The third-order valence-electron chi connectivity index (χ3n) is 4.49. The van der Waals surface area contributed by atoms with Crippen molar-refractivity contribution < 1.29 is 27.9 Å². The highest BCUT2D eigenvalue weighted by Crippen LogP contribution is 2.23. The predicted octanol–water partition coefficient (Wildman–Crippen LogP) is 0.397. The Morgan fingerprint density at radius 2 is 1.88 bits per heavy atom. The molecular weight excluding hydrogens is 348 g/mol. The Morgan fingerprint density at radius 3 is 2.56 bits per heavy atom. The number of carbonyl (C=O) groups excluding carboxylic acids is 1. The van der Waals surface area contributed by atoms with E-state index in [1.807, 2.05) is 0 Å². The Labute approximate surface area is 146 Å². The van der Waals surface area contributed by atoms with Crippen LogP contribution in [0.15, 0.2) is 29.2 Å². The molecule has 0 bridgehead atoms. The number of carboxylic acids is 1. The van der Waals surface area contributed by atoms with E-state index in [1.165, 1.54) is 33.5 Å². The number of likely N-dealkylation sites (tertiary alicyclic amines) is 1. The lowest BCUT2D eigenvalue weighted by atomic mass is 10.1. The monoisotopic (exact) mass is 368 g/mol. The molecule has 1 amide bonds. The Bertz CT molecular complexity index is 773. The van der Waals surface area contributed by atoms with Gasteiger partial charge in [0.05, 0.1) is 18.1 Å². The molecule has 0 aliphatic carbocycles. The Kier molecular flexibility index (Phi) is 5.07. The number of carboxylic acid groups (broad SMARTS) is 1. The van der Waals surface area contributed by atoms with E-state index in [9.17, 15) is 23.1 Å². The number of hydrogen-bond donors (Lipinski definition) is 1. The summed E-state index contributed by atoms with van der Waals surface area (Å²) in [5.41, 5.74) is 0.183. The normalized spacial score (nSPS) is 22.1. The predicted molar refractivity (Wildman–Crippen MR) is 87.7 cm³/mol. The highest BCUT2D eigenvalue weighted by Gasteiger charge is 2.35. The minimum Gasteiger partial charge on any atom is -0.480 e. The second kappa shape index (κ2) is 7.11. The van der Waals surface area contributed by atoms with Crippen molar-refractivity contribution in [1.82, 2.24) is 9.21 Å². The number of aliphatic carboxylic acids is 1. The van der Waals surface area contributed by atoms with Crippen LogP contribution in [0.2, 0.25) is 0 Å². The maximum absolute atomic E-state index is 12.7. The van der Waals surface area contributed by atoms with Crippen molar-refractivity contribution in [1.29, 1.82) is 0 Å². The molecule has 9 heteroatoms. The highest BCUT2D eigenvalue weighted by molar-refractivity contribution is 7.89. The van der Waals surface area contributed by atoms with E-state index in [-0.39, 0.29) is 23.5 Å². The van der Waals surface area contributed by atoms with Gasteiger partial charge < -0.3 is 14.7 Å². The second-order valence-corrected chi connectivity index (χ2v) is 7.98. The van der Waals surface area contributed by atoms with Crippen molar-refractivity contribution in [3.63, 3.8) is 0 Å². The maximum atomic E-state index is 12.7. The zero-order chi connectivity index (χ0) is 18.0. The van der Waals surface area contributed by atoms with Gasteiger partial charge in [-0.15, -0.1) is 0 Å². The minimum absolute atomic E-state index is 0.0336. The van der Waals surface area contributed by atoms with Gasteiger partial charge in [0.15, 0.2) is 0 Å². The number of hydrogen-bond acceptors (Lipinski definition) is 5. The van der Waals surface area contributed by atoms with Gasteiger partial charge in [-0.05, 0) is 31.0 Å². The molecule has 2 saturated heterocycles. The molecule has 2 aliphatic rings. The van der Waals surface area contributed by atoms with Crippen molar-refractivity contribution in [2.24, 2.45) is 0 Å². The van der Waals surface area contributed by atoms with Crippen molar-refractivity contribution >= 4 is 21.9 Å². The number of nitrogens with zero attached hydrogens (tertiary/aromatic N) is 2. The number of carbonyl (C=O) groups is 2. The summed E-state index contributed by atoms with van der Waals surface area (Å²) < 4.78 is 31.9. The fourth-order valence-corrected chi connectivity index (χ4v) is 4.61. The van der Waals surface area contributed by atoms with E-state index < -0.39 is 27.9 Å². The van der Waals surface area contributed by atoms with Crippen LogP contribution in [0.3, 0.4) is 0 Å². The van der Waals surface area contributed by atoms with Crippen LogP contribution >= 0.6 is 0 Å². The van der Waals surface area contributed by atoms with E-state index >= 15 is 0 Å². The lowest BCUT2D eigenvalue weighted by molar-refractivity contribution is -0.141. The second-order valence-electron chi connectivity index (χ2n) is 6.04. The smallest absolute Gasteiger partial charge is 0.326 e. The lowest BCUT2D eigenvalue weighted by Gasteiger charge is -2.26. The van der Waals surface area contributed by atoms with Gasteiger partial charge >= 0.3 is 5.97 Å². The fraction of sp³-hybridized carbons (Fsp3) is 0.500. The third kappa shape index (κ3) is 3.53. The number of sulfonamides is 1. The van der Waals surface area contributed by atoms with Crippen molar-refractivity contribution in [2.45, 2.75) is 23.8 Å². The molecule has 0 aromatic heterocycles. The van der Waals surface area contributed by atoms with E-state index in [1.54, 1.807) is 0 Å². The molecule has 0 unspecified atom stereocenters. The Morgan fingerprint density at radius 1 is 1.16 bits per heavy atom. The van der Waals surface area contributed by atoms with Gasteiger partial charge in [-0.3, -0.25) is 4.79 Å². The standard InChI is InChI=1S/C16H20N2O6S/c19-15(18-6-2-5-14(18)16(20)21)12-3-1-4-13(11-12)25(22,23)17-7-9-24-10-8-17/h1,3-4,11,14H,2,5-10H2,(H,20,21)/t14-/m0/s1. The highest BCUT2D eigenvalue weighted by atomic mass is 32.2. The largest absolute Gasteiger partial charge is 0.480 e. The molecule has 2 fully saturated rings. The fourth-order valence-electron chi connectivity index (χ4n) is 3.16. The van der Waals surface area contributed by atoms with Crippen molar-refractivity contribution in [3.05, 3.63) is 29.8 Å². The zero-order valence-corrected chi connectivity index (χ0v) is 14.4. The minimum atomic E-state index is -3.71. The Hall–Kier alpha value is -1.97. The molecule has 0 saturated carbocycles. The molecule has 0 radical (unpaired) electrons. The first-order valence-corrected chi connectivity index (χ1v) is 9.57. The van der Waals surface area contributed by atoms with E-state index in [2.05, 4.69) is 0 Å². The molecule has 136 valence electrons. The van der Waals surface area contributed by atoms with Crippen LogP contribution in [0.1, 0.15) is 23.2 Å². The molecule has 8 nitrogen and oxygen atoms in total. The molecule has 1 aromatic rings. The number of morpholine rings is 1. The average molecular weight is 368 g/mol. The van der Waals surface area contributed by atoms with Crippen LogP contribution in [0.25, 0.3) is 0 Å². The van der Waals surface area contributed by atoms with Gasteiger partial charge in [-0.2, -0.15) is 4.31 Å². The van der Waals surface area contributed by atoms with Gasteiger partial charge in [0, 0.05) is 25.2 Å². The van der Waals surface area contributed by atoms with Crippen molar-refractivity contribution in [2.75, 3.05) is 32.8 Å². The summed E-state index contributed by atoms with van der Waals surface area (Å²) in [4.78, 5) is 25.3. The summed E-state index contributed by atoms with van der Waals surface area (Å²) >= 11 is 0. The summed E-state index contributed by atoms with van der Waals surface area (Å²) in [6, 6.07) is 4.93. The maximum Gasteiger partial charge on any atom is 0.326 e. The molecule has 3 rings (SSSR count).